The van der Waals surface area contributed by atoms with Crippen molar-refractivity contribution in [3.63, 3.8) is 0 Å². The average molecular weight is 335 g/mol. The van der Waals surface area contributed by atoms with Gasteiger partial charge in [0.1, 0.15) is 5.82 Å². The maximum Gasteiger partial charge on any atom is 0.207 e. The molecule has 0 aliphatic heterocycles. The SMILES string of the molecule is O=CNCc1ccc(C#CSI)cc1F. The van der Waals surface area contributed by atoms with Crippen LogP contribution in [0.3, 0.4) is 0 Å². The van der Waals surface area contributed by atoms with Gasteiger partial charge < -0.3 is 5.32 Å². The van der Waals surface area contributed by atoms with E-state index in [9.17, 15) is 9.18 Å². The molecule has 15 heavy (non-hydrogen) atoms. The summed E-state index contributed by atoms with van der Waals surface area (Å²) in [6.45, 7) is 0.198. The molecule has 0 aliphatic carbocycles. The molecular weight excluding hydrogens is 328 g/mol. The molecule has 0 atom stereocenters. The van der Waals surface area contributed by atoms with E-state index in [0.717, 1.165) is 0 Å². The van der Waals surface area contributed by atoms with Crippen molar-refractivity contribution in [2.45, 2.75) is 6.54 Å². The summed E-state index contributed by atoms with van der Waals surface area (Å²) in [5.41, 5.74) is 1.08. The molecule has 0 saturated carbocycles. The quantitative estimate of drug-likeness (QED) is 0.522. The van der Waals surface area contributed by atoms with Crippen LogP contribution in [-0.4, -0.2) is 6.41 Å². The van der Waals surface area contributed by atoms with Crippen molar-refractivity contribution >= 4 is 36.5 Å². The first kappa shape index (κ1) is 12.3. The van der Waals surface area contributed by atoms with Crippen LogP contribution in [0, 0.1) is 17.0 Å². The number of amides is 1. The average Bonchev–Trinajstić information content (AvgIpc) is 2.25. The van der Waals surface area contributed by atoms with Gasteiger partial charge in [-0.2, -0.15) is 0 Å². The molecule has 2 nitrogen and oxygen atoms in total. The third kappa shape index (κ3) is 4.10. The van der Waals surface area contributed by atoms with Gasteiger partial charge in [0.05, 0.1) is 0 Å². The highest BCUT2D eigenvalue weighted by atomic mass is 127. The second-order valence-corrected chi connectivity index (χ2v) is 4.29. The lowest BCUT2D eigenvalue weighted by Crippen LogP contribution is -2.11. The van der Waals surface area contributed by atoms with Crippen molar-refractivity contribution in [2.24, 2.45) is 0 Å². The van der Waals surface area contributed by atoms with Crippen LogP contribution >= 0.6 is 30.1 Å². The summed E-state index contributed by atoms with van der Waals surface area (Å²) in [4.78, 5) is 10.0. The van der Waals surface area contributed by atoms with E-state index >= 15 is 0 Å². The molecule has 0 saturated heterocycles. The van der Waals surface area contributed by atoms with Crippen LogP contribution < -0.4 is 5.32 Å². The third-order valence-electron chi connectivity index (χ3n) is 1.66. The van der Waals surface area contributed by atoms with Crippen molar-refractivity contribution in [3.05, 3.63) is 35.1 Å². The molecule has 0 aromatic heterocycles. The summed E-state index contributed by atoms with van der Waals surface area (Å²) in [5.74, 6) is 2.44. The first-order valence-corrected chi connectivity index (χ1v) is 7.38. The Hall–Kier alpha value is -0.740. The fourth-order valence-electron chi connectivity index (χ4n) is 0.998. The Balaban J connectivity index is 2.82. The fraction of sp³-hybridized carbons (Fsp3) is 0.100. The monoisotopic (exact) mass is 335 g/mol. The first-order chi connectivity index (χ1) is 7.27. The zero-order valence-corrected chi connectivity index (χ0v) is 10.6. The number of carbonyl (C=O) groups excluding carboxylic acids is 1. The molecule has 1 rings (SSSR count). The first-order valence-electron chi connectivity index (χ1n) is 4.02. The minimum atomic E-state index is -0.352. The predicted molar refractivity (Wildman–Crippen MR) is 67.8 cm³/mol. The molecule has 0 bridgehead atoms. The fourth-order valence-corrected chi connectivity index (χ4v) is 1.48. The summed E-state index contributed by atoms with van der Waals surface area (Å²) in [6, 6.07) is 4.71. The van der Waals surface area contributed by atoms with Crippen LogP contribution in [0.5, 0.6) is 0 Å². The van der Waals surface area contributed by atoms with Crippen molar-refractivity contribution in [1.29, 1.82) is 0 Å². The number of carbonyl (C=O) groups is 1. The van der Waals surface area contributed by atoms with Gasteiger partial charge in [0.25, 0.3) is 0 Å². The summed E-state index contributed by atoms with van der Waals surface area (Å²) in [7, 11) is 1.35. The van der Waals surface area contributed by atoms with E-state index < -0.39 is 0 Å². The van der Waals surface area contributed by atoms with Crippen LogP contribution in [0.25, 0.3) is 0 Å². The zero-order chi connectivity index (χ0) is 11.1. The van der Waals surface area contributed by atoms with Crippen LogP contribution in [0.15, 0.2) is 18.2 Å². The van der Waals surface area contributed by atoms with Crippen molar-refractivity contribution in [3.8, 4) is 11.2 Å². The molecule has 0 unspecified atom stereocenters. The molecule has 5 heteroatoms. The van der Waals surface area contributed by atoms with Crippen LogP contribution in [0.1, 0.15) is 11.1 Å². The lowest BCUT2D eigenvalue weighted by molar-refractivity contribution is -0.109. The highest BCUT2D eigenvalue weighted by molar-refractivity contribution is 14.2. The van der Waals surface area contributed by atoms with Crippen LogP contribution in [0.4, 0.5) is 4.39 Å². The standard InChI is InChI=1S/C10H7FINOS/c11-10-5-8(3-4-15-12)1-2-9(10)6-13-7-14/h1-2,5,7H,6H2,(H,13,14). The molecule has 1 N–H and O–H groups in total. The lowest BCUT2D eigenvalue weighted by atomic mass is 10.1. The molecule has 0 fully saturated rings. The summed E-state index contributed by atoms with van der Waals surface area (Å²) < 4.78 is 13.4. The maximum atomic E-state index is 13.4. The molecule has 1 amide bonds. The van der Waals surface area contributed by atoms with Crippen molar-refractivity contribution in [1.82, 2.24) is 5.32 Å². The second-order valence-electron chi connectivity index (χ2n) is 2.61. The summed E-state index contributed by atoms with van der Waals surface area (Å²) >= 11 is 2.05. The number of nitrogens with one attached hydrogen (secondary N) is 1. The smallest absolute Gasteiger partial charge is 0.207 e. The van der Waals surface area contributed by atoms with E-state index in [1.165, 1.54) is 15.0 Å². The molecular formula is C10H7FINOS. The van der Waals surface area contributed by atoms with Gasteiger partial charge in [0.15, 0.2) is 0 Å². The van der Waals surface area contributed by atoms with Gasteiger partial charge in [-0.3, -0.25) is 4.79 Å². The van der Waals surface area contributed by atoms with E-state index in [0.29, 0.717) is 17.5 Å². The van der Waals surface area contributed by atoms with E-state index in [1.54, 1.807) is 12.1 Å². The van der Waals surface area contributed by atoms with Gasteiger partial charge in [-0.15, -0.1) is 0 Å². The van der Waals surface area contributed by atoms with E-state index in [2.05, 4.69) is 16.5 Å². The maximum absolute atomic E-state index is 13.4. The highest BCUT2D eigenvalue weighted by Crippen LogP contribution is 2.11. The van der Waals surface area contributed by atoms with Crippen LogP contribution in [0.2, 0.25) is 0 Å². The molecule has 1 aromatic carbocycles. The lowest BCUT2D eigenvalue weighted by Gasteiger charge is -2.01. The van der Waals surface area contributed by atoms with Crippen LogP contribution in [-0.2, 0) is 11.3 Å². The van der Waals surface area contributed by atoms with Crippen molar-refractivity contribution in [2.75, 3.05) is 0 Å². The van der Waals surface area contributed by atoms with E-state index in [1.807, 2.05) is 21.2 Å². The minimum absolute atomic E-state index is 0.198. The number of hydrogen-bond donors (Lipinski definition) is 1. The normalized spacial score (nSPS) is 8.93. The van der Waals surface area contributed by atoms with Gasteiger partial charge in [-0.25, -0.2) is 4.39 Å². The molecule has 0 radical (unpaired) electrons. The van der Waals surface area contributed by atoms with Crippen molar-refractivity contribution < 1.29 is 9.18 Å². The molecule has 0 aliphatic rings. The third-order valence-corrected chi connectivity index (χ3v) is 2.50. The minimum Gasteiger partial charge on any atom is -0.354 e. The molecule has 1 aromatic rings. The van der Waals surface area contributed by atoms with Gasteiger partial charge in [0, 0.05) is 38.9 Å². The molecule has 78 valence electrons. The number of rotatable bonds is 3. The van der Waals surface area contributed by atoms with Gasteiger partial charge in [-0.05, 0) is 26.3 Å². The topological polar surface area (TPSA) is 29.1 Å². The largest absolute Gasteiger partial charge is 0.354 e. The van der Waals surface area contributed by atoms with Gasteiger partial charge >= 0.3 is 0 Å². The Kier molecular flexibility index (Phi) is 5.50. The Morgan fingerprint density at radius 3 is 3.00 bits per heavy atom. The molecule has 0 heterocycles. The number of halogens is 2. The molecule has 0 spiro atoms. The van der Waals surface area contributed by atoms with E-state index in [-0.39, 0.29) is 12.4 Å². The number of benzene rings is 1. The zero-order valence-electron chi connectivity index (χ0n) is 7.59. The predicted octanol–water partition coefficient (Wildman–Crippen LogP) is 2.46. The Morgan fingerprint density at radius 2 is 2.40 bits per heavy atom. The summed E-state index contributed by atoms with van der Waals surface area (Å²) in [5, 5.41) is 5.18. The summed E-state index contributed by atoms with van der Waals surface area (Å²) in [6.07, 6.45) is 0.542. The van der Waals surface area contributed by atoms with E-state index in [4.69, 9.17) is 0 Å². The highest BCUT2D eigenvalue weighted by Gasteiger charge is 2.01. The second kappa shape index (κ2) is 6.69. The Morgan fingerprint density at radius 1 is 1.60 bits per heavy atom. The number of hydrogen-bond acceptors (Lipinski definition) is 2. The Labute approximate surface area is 104 Å². The Bertz CT molecular complexity index is 414. The van der Waals surface area contributed by atoms with Gasteiger partial charge in [-0.1, -0.05) is 12.0 Å². The van der Waals surface area contributed by atoms with Gasteiger partial charge in [0.2, 0.25) is 6.41 Å².